The number of rotatable bonds is 5. The normalized spacial score (nSPS) is 16.3. The molecule has 28 heavy (non-hydrogen) atoms. The highest BCUT2D eigenvalue weighted by Gasteiger charge is 2.29. The van der Waals surface area contributed by atoms with Gasteiger partial charge in [-0.25, -0.2) is 0 Å². The fourth-order valence-electron chi connectivity index (χ4n) is 4.46. The molecule has 1 amide bonds. The number of piperidine rings is 1. The van der Waals surface area contributed by atoms with Gasteiger partial charge in [-0.15, -0.1) is 0 Å². The SMILES string of the molecule is CCC(C(=O)N1CCC(c2c[nH]c3ccc(OC)cc23)CC1)c1ccccc1. The summed E-state index contributed by atoms with van der Waals surface area (Å²) in [5.41, 5.74) is 3.61. The van der Waals surface area contributed by atoms with Crippen molar-refractivity contribution < 1.29 is 9.53 Å². The van der Waals surface area contributed by atoms with Crippen LogP contribution in [0.25, 0.3) is 10.9 Å². The summed E-state index contributed by atoms with van der Waals surface area (Å²) in [6.45, 7) is 3.74. The first-order valence-corrected chi connectivity index (χ1v) is 10.2. The summed E-state index contributed by atoms with van der Waals surface area (Å²) in [5.74, 6) is 1.60. The molecule has 4 rings (SSSR count). The van der Waals surface area contributed by atoms with E-state index in [9.17, 15) is 4.79 Å². The number of nitrogens with one attached hydrogen (secondary N) is 1. The molecule has 1 unspecified atom stereocenters. The number of nitrogens with zero attached hydrogens (tertiary/aromatic N) is 1. The lowest BCUT2D eigenvalue weighted by Gasteiger charge is -2.34. The Morgan fingerprint density at radius 2 is 1.93 bits per heavy atom. The second-order valence-corrected chi connectivity index (χ2v) is 7.63. The van der Waals surface area contributed by atoms with Crippen molar-refractivity contribution in [2.45, 2.75) is 38.0 Å². The van der Waals surface area contributed by atoms with Crippen molar-refractivity contribution in [2.24, 2.45) is 0 Å². The Bertz CT molecular complexity index is 940. The third kappa shape index (κ3) is 3.51. The Hall–Kier alpha value is -2.75. The van der Waals surface area contributed by atoms with Crippen molar-refractivity contribution in [3.05, 3.63) is 65.9 Å². The van der Waals surface area contributed by atoms with Crippen molar-refractivity contribution in [3.8, 4) is 5.75 Å². The third-order valence-corrected chi connectivity index (χ3v) is 6.08. The quantitative estimate of drug-likeness (QED) is 0.675. The summed E-state index contributed by atoms with van der Waals surface area (Å²) < 4.78 is 5.40. The topological polar surface area (TPSA) is 45.3 Å². The van der Waals surface area contributed by atoms with Crippen LogP contribution in [0.2, 0.25) is 0 Å². The number of ether oxygens (including phenoxy) is 1. The number of H-pyrrole nitrogens is 1. The number of hydrogen-bond acceptors (Lipinski definition) is 2. The summed E-state index contributed by atoms with van der Waals surface area (Å²) in [7, 11) is 1.70. The van der Waals surface area contributed by atoms with Crippen LogP contribution in [0, 0.1) is 0 Å². The molecule has 0 saturated carbocycles. The minimum absolute atomic E-state index is 0.0323. The van der Waals surface area contributed by atoms with Gasteiger partial charge in [-0.1, -0.05) is 37.3 Å². The predicted molar refractivity (Wildman–Crippen MR) is 113 cm³/mol. The molecule has 2 aromatic carbocycles. The number of carbonyl (C=O) groups excluding carboxylic acids is 1. The van der Waals surface area contributed by atoms with Gasteiger partial charge < -0.3 is 14.6 Å². The average molecular weight is 377 g/mol. The molecule has 0 bridgehead atoms. The van der Waals surface area contributed by atoms with Crippen LogP contribution in [-0.4, -0.2) is 36.0 Å². The van der Waals surface area contributed by atoms with Gasteiger partial charge in [-0.3, -0.25) is 4.79 Å². The van der Waals surface area contributed by atoms with Gasteiger partial charge >= 0.3 is 0 Å². The van der Waals surface area contributed by atoms with Crippen LogP contribution in [0.15, 0.2) is 54.7 Å². The Kier molecular flexibility index (Phi) is 5.38. The average Bonchev–Trinajstić information content (AvgIpc) is 3.18. The number of fused-ring (bicyclic) bond motifs is 1. The largest absolute Gasteiger partial charge is 0.497 e. The van der Waals surface area contributed by atoms with Crippen LogP contribution in [0.4, 0.5) is 0 Å². The van der Waals surface area contributed by atoms with E-state index in [1.807, 2.05) is 24.3 Å². The van der Waals surface area contributed by atoms with E-state index >= 15 is 0 Å². The molecule has 2 heterocycles. The second kappa shape index (κ2) is 8.09. The van der Waals surface area contributed by atoms with Crippen LogP contribution in [0.5, 0.6) is 5.75 Å². The highest BCUT2D eigenvalue weighted by Crippen LogP contribution is 2.35. The molecule has 1 N–H and O–H groups in total. The lowest BCUT2D eigenvalue weighted by atomic mass is 9.87. The maximum atomic E-state index is 13.1. The van der Waals surface area contributed by atoms with Gasteiger partial charge in [0, 0.05) is 30.2 Å². The molecular weight excluding hydrogens is 348 g/mol. The number of benzene rings is 2. The number of aromatic amines is 1. The van der Waals surface area contributed by atoms with Crippen molar-refractivity contribution in [3.63, 3.8) is 0 Å². The maximum absolute atomic E-state index is 13.1. The predicted octanol–water partition coefficient (Wildman–Crippen LogP) is 5.08. The molecule has 1 atom stereocenters. The number of amides is 1. The zero-order valence-electron chi connectivity index (χ0n) is 16.7. The van der Waals surface area contributed by atoms with E-state index in [2.05, 4.69) is 47.3 Å². The van der Waals surface area contributed by atoms with Crippen LogP contribution in [0.1, 0.15) is 49.1 Å². The highest BCUT2D eigenvalue weighted by atomic mass is 16.5. The Morgan fingerprint density at radius 1 is 1.18 bits per heavy atom. The Balaban J connectivity index is 1.47. The van der Waals surface area contributed by atoms with Gasteiger partial charge in [-0.2, -0.15) is 0 Å². The minimum Gasteiger partial charge on any atom is -0.497 e. The summed E-state index contributed by atoms with van der Waals surface area (Å²) in [4.78, 5) is 18.6. The Labute approximate surface area is 166 Å². The first kappa shape index (κ1) is 18.6. The first-order chi connectivity index (χ1) is 13.7. The number of likely N-dealkylation sites (tertiary alicyclic amines) is 1. The molecule has 1 aromatic heterocycles. The molecular formula is C24H28N2O2. The van der Waals surface area contributed by atoms with E-state index < -0.39 is 0 Å². The van der Waals surface area contributed by atoms with E-state index in [0.29, 0.717) is 5.92 Å². The molecule has 0 radical (unpaired) electrons. The van der Waals surface area contributed by atoms with Crippen LogP contribution in [-0.2, 0) is 4.79 Å². The van der Waals surface area contributed by atoms with Gasteiger partial charge in [0.1, 0.15) is 5.75 Å². The van der Waals surface area contributed by atoms with Gasteiger partial charge in [0.25, 0.3) is 0 Å². The van der Waals surface area contributed by atoms with Crippen LogP contribution >= 0.6 is 0 Å². The van der Waals surface area contributed by atoms with Gasteiger partial charge in [-0.05, 0) is 54.5 Å². The van der Waals surface area contributed by atoms with Gasteiger partial charge in [0.15, 0.2) is 0 Å². The summed E-state index contributed by atoms with van der Waals surface area (Å²) >= 11 is 0. The lowest BCUT2D eigenvalue weighted by molar-refractivity contribution is -0.134. The summed E-state index contributed by atoms with van der Waals surface area (Å²) in [5, 5.41) is 1.24. The smallest absolute Gasteiger partial charge is 0.230 e. The fourth-order valence-corrected chi connectivity index (χ4v) is 4.46. The van der Waals surface area contributed by atoms with E-state index in [4.69, 9.17) is 4.74 Å². The monoisotopic (exact) mass is 376 g/mol. The number of aromatic nitrogens is 1. The minimum atomic E-state index is -0.0323. The molecule has 1 aliphatic heterocycles. The molecule has 146 valence electrons. The third-order valence-electron chi connectivity index (χ3n) is 6.08. The summed E-state index contributed by atoms with van der Waals surface area (Å²) in [6, 6.07) is 16.3. The molecule has 1 aliphatic rings. The van der Waals surface area contributed by atoms with Gasteiger partial charge in [0.05, 0.1) is 13.0 Å². The molecule has 0 spiro atoms. The molecule has 1 fully saturated rings. The van der Waals surface area contributed by atoms with Crippen molar-refractivity contribution >= 4 is 16.8 Å². The van der Waals surface area contributed by atoms with E-state index in [0.717, 1.165) is 49.2 Å². The number of carbonyl (C=O) groups is 1. The van der Waals surface area contributed by atoms with E-state index in [1.54, 1.807) is 7.11 Å². The highest BCUT2D eigenvalue weighted by molar-refractivity contribution is 5.86. The standard InChI is InChI=1S/C24H28N2O2/c1-3-20(17-7-5-4-6-8-17)24(27)26-13-11-18(12-14-26)22-16-25-23-10-9-19(28-2)15-21(22)23/h4-10,15-16,18,20,25H,3,11-14H2,1-2H3. The Morgan fingerprint density at radius 3 is 2.61 bits per heavy atom. The van der Waals surface area contributed by atoms with Crippen LogP contribution in [0.3, 0.4) is 0 Å². The van der Waals surface area contributed by atoms with Crippen LogP contribution < -0.4 is 4.74 Å². The van der Waals surface area contributed by atoms with Crippen molar-refractivity contribution in [1.82, 2.24) is 9.88 Å². The molecule has 1 saturated heterocycles. The first-order valence-electron chi connectivity index (χ1n) is 10.2. The molecule has 0 aliphatic carbocycles. The maximum Gasteiger partial charge on any atom is 0.230 e. The fraction of sp³-hybridized carbons (Fsp3) is 0.375. The zero-order chi connectivity index (χ0) is 19.5. The molecule has 4 nitrogen and oxygen atoms in total. The second-order valence-electron chi connectivity index (χ2n) is 7.63. The van der Waals surface area contributed by atoms with Gasteiger partial charge in [0.2, 0.25) is 5.91 Å². The lowest BCUT2D eigenvalue weighted by Crippen LogP contribution is -2.40. The van der Waals surface area contributed by atoms with E-state index in [-0.39, 0.29) is 11.8 Å². The van der Waals surface area contributed by atoms with E-state index in [1.165, 1.54) is 10.9 Å². The number of hydrogen-bond donors (Lipinski definition) is 1. The summed E-state index contributed by atoms with van der Waals surface area (Å²) in [6.07, 6.45) is 4.97. The van der Waals surface area contributed by atoms with Crippen molar-refractivity contribution in [1.29, 1.82) is 0 Å². The molecule has 4 heteroatoms. The van der Waals surface area contributed by atoms with Crippen molar-refractivity contribution in [2.75, 3.05) is 20.2 Å². The molecule has 3 aromatic rings. The number of methoxy groups -OCH3 is 1. The zero-order valence-corrected chi connectivity index (χ0v) is 16.7.